The Bertz CT molecular complexity index is 5820. The first-order valence-electron chi connectivity index (χ1n) is 35.0. The van der Waals surface area contributed by atoms with E-state index in [1.807, 2.05) is 0 Å². The number of hydrogen-bond donors (Lipinski definition) is 0. The first kappa shape index (κ1) is 58.1. The number of allylic oxidation sites excluding steroid dienone is 8. The van der Waals surface area contributed by atoms with Crippen molar-refractivity contribution in [3.63, 3.8) is 0 Å². The molecule has 4 aliphatic rings. The van der Waals surface area contributed by atoms with Crippen LogP contribution in [0.1, 0.15) is 58.6 Å². The highest BCUT2D eigenvalue weighted by Crippen LogP contribution is 2.57. The van der Waals surface area contributed by atoms with Crippen molar-refractivity contribution in [1.29, 1.82) is 0 Å². The van der Waals surface area contributed by atoms with Gasteiger partial charge in [-0.2, -0.15) is 0 Å². The molecule has 0 amide bonds. The minimum Gasteiger partial charge on any atom is -0.310 e. The molecule has 1 aromatic heterocycles. The summed E-state index contributed by atoms with van der Waals surface area (Å²) in [4.78, 5) is 5.09. The number of para-hydroxylation sites is 2. The van der Waals surface area contributed by atoms with Crippen molar-refractivity contribution >= 4 is 88.6 Å². The van der Waals surface area contributed by atoms with Crippen molar-refractivity contribution in [2.75, 3.05) is 9.80 Å². The predicted octanol–water partition coefficient (Wildman–Crippen LogP) is 25.8. The lowest BCUT2D eigenvalue weighted by Gasteiger charge is -2.35. The van der Waals surface area contributed by atoms with Crippen molar-refractivity contribution in [2.45, 2.75) is 25.2 Å². The highest BCUT2D eigenvalue weighted by atomic mass is 15.2. The molecular weight excluding hydrogens is 1200 g/mol. The number of benzene rings is 14. The summed E-state index contributed by atoms with van der Waals surface area (Å²) in [5.41, 5.74) is 28.6. The van der Waals surface area contributed by atoms with Crippen molar-refractivity contribution < 1.29 is 0 Å². The molecule has 0 radical (unpaired) electrons. The Labute approximate surface area is 578 Å². The van der Waals surface area contributed by atoms with Gasteiger partial charge < -0.3 is 14.4 Å². The molecule has 15 aromatic rings. The summed E-state index contributed by atoms with van der Waals surface area (Å²) in [7, 11) is 0. The summed E-state index contributed by atoms with van der Waals surface area (Å²) in [5, 5.41) is 7.16. The number of rotatable bonds is 13. The normalized spacial score (nSPS) is 15.2. The van der Waals surface area contributed by atoms with Gasteiger partial charge in [-0.05, 0) is 227 Å². The first-order chi connectivity index (χ1) is 49.1. The van der Waals surface area contributed by atoms with E-state index in [0.717, 1.165) is 75.7 Å². The maximum Gasteiger partial charge on any atom is 0.0541 e. The van der Waals surface area contributed by atoms with E-state index in [2.05, 4.69) is 378 Å². The van der Waals surface area contributed by atoms with Crippen LogP contribution in [-0.2, 0) is 0 Å². The average Bonchev–Trinajstić information content (AvgIpc) is 1.66. The predicted molar refractivity (Wildman–Crippen MR) is 418 cm³/mol. The molecule has 0 bridgehead atoms. The zero-order valence-corrected chi connectivity index (χ0v) is 54.8. The minimum atomic E-state index is 0.119. The van der Waals surface area contributed by atoms with Crippen molar-refractivity contribution in [2.24, 2.45) is 11.8 Å². The number of anilines is 6. The summed E-state index contributed by atoms with van der Waals surface area (Å²) in [6.45, 7) is 0. The van der Waals surface area contributed by atoms with Crippen LogP contribution >= 0.6 is 0 Å². The van der Waals surface area contributed by atoms with Gasteiger partial charge in [0.25, 0.3) is 0 Å². The third-order valence-corrected chi connectivity index (χ3v) is 21.3. The second-order valence-electron chi connectivity index (χ2n) is 26.9. The van der Waals surface area contributed by atoms with Gasteiger partial charge in [-0.1, -0.05) is 267 Å². The lowest BCUT2D eigenvalue weighted by molar-refractivity contribution is 0.418. The van der Waals surface area contributed by atoms with Gasteiger partial charge in [-0.3, -0.25) is 0 Å². The van der Waals surface area contributed by atoms with Crippen LogP contribution in [0.15, 0.2) is 370 Å². The van der Waals surface area contributed by atoms with Crippen LogP contribution in [0.4, 0.5) is 34.1 Å². The summed E-state index contributed by atoms with van der Waals surface area (Å²) >= 11 is 0. The summed E-state index contributed by atoms with van der Waals surface area (Å²) < 4.78 is 2.42. The average molecular weight is 1260 g/mol. The zero-order chi connectivity index (χ0) is 65.3. The molecule has 99 heavy (non-hydrogen) atoms. The Hall–Kier alpha value is -12.3. The fourth-order valence-electron chi connectivity index (χ4n) is 16.9. The third-order valence-electron chi connectivity index (χ3n) is 21.3. The largest absolute Gasteiger partial charge is 0.310 e. The quantitative estimate of drug-likeness (QED) is 0.114. The second kappa shape index (κ2) is 24.4. The maximum atomic E-state index is 2.57. The number of aromatic nitrogens is 1. The van der Waals surface area contributed by atoms with Gasteiger partial charge in [0.1, 0.15) is 0 Å². The highest BCUT2D eigenvalue weighted by molar-refractivity contribution is 6.15. The van der Waals surface area contributed by atoms with E-state index >= 15 is 0 Å². The second-order valence-corrected chi connectivity index (χ2v) is 26.9. The lowest BCUT2D eigenvalue weighted by Crippen LogP contribution is -2.24. The molecule has 468 valence electrons. The van der Waals surface area contributed by atoms with Gasteiger partial charge in [0.15, 0.2) is 0 Å². The van der Waals surface area contributed by atoms with E-state index in [9.17, 15) is 0 Å². The molecule has 0 N–H and O–H groups in total. The van der Waals surface area contributed by atoms with Gasteiger partial charge in [-0.25, -0.2) is 0 Å². The molecule has 0 fully saturated rings. The molecule has 14 aromatic carbocycles. The molecule has 0 saturated heterocycles. The Kier molecular flexibility index (Phi) is 14.3. The Balaban J connectivity index is 0.885. The molecular formula is C96H69N3. The SMILES string of the molecule is C1=CCC(C(C2=CCCC=C2)C2c3ccccc3-c3ccc(N(c4cc(-c5ccc6c(c5)c5ccccc5n6-c5ccccc5)cc(N(c5ccc6c(c5)C(=C(c5ccccc5)c5ccccc5)c5ccccc5-6)c5ccc6ccccc6c5)c4)c4ccc5ccccc5c4)cc32)C=C1. The highest BCUT2D eigenvalue weighted by Gasteiger charge is 2.40. The van der Waals surface area contributed by atoms with E-state index in [4.69, 9.17) is 0 Å². The summed E-state index contributed by atoms with van der Waals surface area (Å²) in [5.74, 6) is 0.680. The molecule has 0 saturated carbocycles. The van der Waals surface area contributed by atoms with Crippen LogP contribution in [0, 0.1) is 11.8 Å². The minimum absolute atomic E-state index is 0.119. The van der Waals surface area contributed by atoms with Crippen molar-refractivity contribution in [3.05, 3.63) is 403 Å². The topological polar surface area (TPSA) is 11.4 Å². The van der Waals surface area contributed by atoms with Crippen LogP contribution in [0.3, 0.4) is 0 Å². The number of hydrogen-bond acceptors (Lipinski definition) is 2. The van der Waals surface area contributed by atoms with Crippen LogP contribution < -0.4 is 9.80 Å². The standard InChI is InChI=1S/C96H69N3/c1-6-28-66(29-7-1)93(67-30-8-2-9-31-67)95-86-43-22-20-40-81(86)83-53-51-77(62-89(83)95)97(75-49-46-64-26-16-18-36-70(64)56-75)79-58-73(72-48-55-92-88(60-72)85-42-24-25-45-91(85)99(92)74-38-14-5-15-39-74)59-80(61-79)98(76-50-47-65-27-17-19-37-71(65)57-76)78-52-54-84-82-41-21-23-44-87(82)96(90(84)63-78)94(68-32-10-3-11-33-68)69-34-12-4-13-35-69/h1-3,5-12,14-32,34-63,68,94,96H,4,13,33H2. The Morgan fingerprint density at radius 2 is 0.909 bits per heavy atom. The molecule has 0 aliphatic heterocycles. The van der Waals surface area contributed by atoms with E-state index in [0.29, 0.717) is 5.92 Å². The molecule has 0 spiro atoms. The summed E-state index contributed by atoms with van der Waals surface area (Å²) in [6, 6.07) is 121. The van der Waals surface area contributed by atoms with Gasteiger partial charge in [0.05, 0.1) is 11.0 Å². The van der Waals surface area contributed by atoms with Crippen LogP contribution in [0.25, 0.3) is 93.6 Å². The molecule has 4 aliphatic carbocycles. The smallest absolute Gasteiger partial charge is 0.0541 e. The van der Waals surface area contributed by atoms with Crippen LogP contribution in [0.5, 0.6) is 0 Å². The van der Waals surface area contributed by atoms with Crippen molar-refractivity contribution in [1.82, 2.24) is 4.57 Å². The van der Waals surface area contributed by atoms with Crippen LogP contribution in [-0.4, -0.2) is 4.57 Å². The van der Waals surface area contributed by atoms with E-state index in [-0.39, 0.29) is 11.8 Å². The molecule has 3 heteroatoms. The fraction of sp³-hybridized carbons (Fsp3) is 0.0625. The monoisotopic (exact) mass is 1260 g/mol. The van der Waals surface area contributed by atoms with Crippen LogP contribution in [0.2, 0.25) is 0 Å². The van der Waals surface area contributed by atoms with E-state index in [1.165, 1.54) is 110 Å². The van der Waals surface area contributed by atoms with Gasteiger partial charge in [0, 0.05) is 62.4 Å². The van der Waals surface area contributed by atoms with Crippen molar-refractivity contribution in [3.8, 4) is 39.1 Å². The Morgan fingerprint density at radius 3 is 1.59 bits per heavy atom. The fourth-order valence-corrected chi connectivity index (χ4v) is 16.9. The van der Waals surface area contributed by atoms with E-state index in [1.54, 1.807) is 0 Å². The zero-order valence-electron chi connectivity index (χ0n) is 54.8. The maximum absolute atomic E-state index is 2.57. The Morgan fingerprint density at radius 1 is 0.354 bits per heavy atom. The number of fused-ring (bicyclic) bond motifs is 11. The lowest BCUT2D eigenvalue weighted by atomic mass is 9.69. The van der Waals surface area contributed by atoms with Gasteiger partial charge in [0.2, 0.25) is 0 Å². The van der Waals surface area contributed by atoms with E-state index < -0.39 is 0 Å². The molecule has 3 unspecified atom stereocenters. The molecule has 3 nitrogen and oxygen atoms in total. The molecule has 3 atom stereocenters. The molecule has 19 rings (SSSR count). The third kappa shape index (κ3) is 10.1. The van der Waals surface area contributed by atoms with Gasteiger partial charge >= 0.3 is 0 Å². The number of nitrogens with zero attached hydrogens (tertiary/aromatic N) is 3. The molecule has 1 heterocycles. The summed E-state index contributed by atoms with van der Waals surface area (Å²) in [6.07, 6.45) is 19.9. The van der Waals surface area contributed by atoms with Gasteiger partial charge in [-0.15, -0.1) is 0 Å². The first-order valence-corrected chi connectivity index (χ1v) is 35.0.